The summed E-state index contributed by atoms with van der Waals surface area (Å²) in [7, 11) is 3.33. The third-order valence-corrected chi connectivity index (χ3v) is 6.27. The molecule has 8 nitrogen and oxygen atoms in total. The Bertz CT molecular complexity index is 1590. The highest BCUT2D eigenvalue weighted by Gasteiger charge is 2.20. The van der Waals surface area contributed by atoms with E-state index in [1.807, 2.05) is 41.9 Å². The first-order chi connectivity index (χ1) is 18.0. The van der Waals surface area contributed by atoms with Gasteiger partial charge in [-0.15, -0.1) is 0 Å². The van der Waals surface area contributed by atoms with Crippen molar-refractivity contribution in [2.75, 3.05) is 25.6 Å². The Balaban J connectivity index is 1.46. The summed E-state index contributed by atoms with van der Waals surface area (Å²) in [4.78, 5) is 34.5. The molecular formula is C29H27N5O3. The molecule has 0 radical (unpaired) electrons. The van der Waals surface area contributed by atoms with E-state index in [4.69, 9.17) is 9.72 Å². The number of hydrogen-bond acceptors (Lipinski definition) is 5. The number of anilines is 1. The Morgan fingerprint density at radius 1 is 1.00 bits per heavy atom. The standard InChI is InChI=1S/C29H27N5O3/c1-34-27-24(29(36)31-15-12-20-8-5-7-19-6-3-4-9-23(19)20)16-22(32-26(35)18-37-2)17-25(27)33-28(34)21-10-13-30-14-11-21/h3-11,13-14,16-17H,12,15,18H2,1-2H3,(H,31,36)(H,32,35). The summed E-state index contributed by atoms with van der Waals surface area (Å²) < 4.78 is 6.82. The molecule has 0 aliphatic carbocycles. The van der Waals surface area contributed by atoms with E-state index in [-0.39, 0.29) is 18.4 Å². The van der Waals surface area contributed by atoms with Crippen LogP contribution in [0.4, 0.5) is 5.69 Å². The lowest BCUT2D eigenvalue weighted by Crippen LogP contribution is -2.26. The average molecular weight is 494 g/mol. The molecule has 2 N–H and O–H groups in total. The van der Waals surface area contributed by atoms with E-state index in [0.717, 1.165) is 5.56 Å². The van der Waals surface area contributed by atoms with Gasteiger partial charge in [0.1, 0.15) is 12.4 Å². The van der Waals surface area contributed by atoms with Gasteiger partial charge < -0.3 is 19.9 Å². The number of rotatable bonds is 8. The number of aryl methyl sites for hydroxylation is 1. The lowest BCUT2D eigenvalue weighted by molar-refractivity contribution is -0.119. The van der Waals surface area contributed by atoms with Gasteiger partial charge in [0.2, 0.25) is 5.91 Å². The minimum absolute atomic E-state index is 0.0882. The van der Waals surface area contributed by atoms with Crippen molar-refractivity contribution in [2.45, 2.75) is 6.42 Å². The van der Waals surface area contributed by atoms with E-state index in [2.05, 4.69) is 39.9 Å². The molecule has 0 fully saturated rings. The zero-order chi connectivity index (χ0) is 25.8. The van der Waals surface area contributed by atoms with Crippen molar-refractivity contribution in [3.05, 3.63) is 90.3 Å². The number of hydrogen-bond donors (Lipinski definition) is 2. The minimum Gasteiger partial charge on any atom is -0.375 e. The number of nitrogens with one attached hydrogen (secondary N) is 2. The predicted molar refractivity (Wildman–Crippen MR) is 144 cm³/mol. The maximum Gasteiger partial charge on any atom is 0.253 e. The third-order valence-electron chi connectivity index (χ3n) is 6.27. The van der Waals surface area contributed by atoms with E-state index in [9.17, 15) is 9.59 Å². The Morgan fingerprint density at radius 3 is 2.59 bits per heavy atom. The number of aromatic nitrogens is 3. The van der Waals surface area contributed by atoms with E-state index < -0.39 is 0 Å². The van der Waals surface area contributed by atoms with Crippen molar-refractivity contribution in [1.82, 2.24) is 19.9 Å². The van der Waals surface area contributed by atoms with Crippen molar-refractivity contribution in [1.29, 1.82) is 0 Å². The number of amides is 2. The van der Waals surface area contributed by atoms with Gasteiger partial charge in [0.05, 0.1) is 16.6 Å². The van der Waals surface area contributed by atoms with Crippen molar-refractivity contribution >= 4 is 39.3 Å². The molecular weight excluding hydrogens is 466 g/mol. The maximum absolute atomic E-state index is 13.5. The van der Waals surface area contributed by atoms with Crippen LogP contribution in [0.15, 0.2) is 79.1 Å². The summed E-state index contributed by atoms with van der Waals surface area (Å²) in [6, 6.07) is 21.6. The average Bonchev–Trinajstić information content (AvgIpc) is 3.25. The normalized spacial score (nSPS) is 11.1. The van der Waals surface area contributed by atoms with Crippen LogP contribution in [-0.2, 0) is 23.0 Å². The van der Waals surface area contributed by atoms with Gasteiger partial charge in [-0.2, -0.15) is 0 Å². The molecule has 0 saturated heterocycles. The number of ether oxygens (including phenoxy) is 1. The van der Waals surface area contributed by atoms with E-state index in [0.29, 0.717) is 41.1 Å². The van der Waals surface area contributed by atoms with Crippen LogP contribution in [0.25, 0.3) is 33.2 Å². The van der Waals surface area contributed by atoms with Gasteiger partial charge in [-0.05, 0) is 47.0 Å². The van der Waals surface area contributed by atoms with Crippen LogP contribution in [-0.4, -0.2) is 46.6 Å². The van der Waals surface area contributed by atoms with Crippen LogP contribution in [0.3, 0.4) is 0 Å². The molecule has 0 bridgehead atoms. The van der Waals surface area contributed by atoms with Crippen LogP contribution < -0.4 is 10.6 Å². The number of imidazole rings is 1. The zero-order valence-corrected chi connectivity index (χ0v) is 20.7. The third kappa shape index (κ3) is 5.05. The largest absolute Gasteiger partial charge is 0.375 e. The lowest BCUT2D eigenvalue weighted by atomic mass is 10.0. The van der Waals surface area contributed by atoms with Gasteiger partial charge in [0, 0.05) is 44.3 Å². The molecule has 2 amide bonds. The van der Waals surface area contributed by atoms with E-state index in [1.165, 1.54) is 23.4 Å². The van der Waals surface area contributed by atoms with Gasteiger partial charge in [-0.3, -0.25) is 14.6 Å². The number of fused-ring (bicyclic) bond motifs is 2. The smallest absolute Gasteiger partial charge is 0.253 e. The predicted octanol–water partition coefficient (Wildman–Crippen LogP) is 4.35. The fraction of sp³-hybridized carbons (Fsp3) is 0.172. The topological polar surface area (TPSA) is 98.1 Å². The van der Waals surface area contributed by atoms with Crippen LogP contribution in [0, 0.1) is 0 Å². The Labute approximate surface area is 214 Å². The number of carbonyl (C=O) groups excluding carboxylic acids is 2. The highest BCUT2D eigenvalue weighted by molar-refractivity contribution is 6.08. The van der Waals surface area contributed by atoms with E-state index in [1.54, 1.807) is 24.5 Å². The van der Waals surface area contributed by atoms with E-state index >= 15 is 0 Å². The summed E-state index contributed by atoms with van der Waals surface area (Å²) in [6.07, 6.45) is 4.09. The second kappa shape index (κ2) is 10.6. The van der Waals surface area contributed by atoms with Gasteiger partial charge in [-0.1, -0.05) is 42.5 Å². The Kier molecular flexibility index (Phi) is 6.91. The molecule has 2 heterocycles. The summed E-state index contributed by atoms with van der Waals surface area (Å²) in [5, 5.41) is 8.21. The molecule has 3 aromatic carbocycles. The van der Waals surface area contributed by atoms with Gasteiger partial charge in [0.25, 0.3) is 5.91 Å². The fourth-order valence-electron chi connectivity index (χ4n) is 4.60. The van der Waals surface area contributed by atoms with Crippen LogP contribution in [0.5, 0.6) is 0 Å². The van der Waals surface area contributed by atoms with Gasteiger partial charge >= 0.3 is 0 Å². The van der Waals surface area contributed by atoms with Crippen LogP contribution >= 0.6 is 0 Å². The molecule has 0 saturated carbocycles. The number of pyridine rings is 1. The Morgan fingerprint density at radius 2 is 1.78 bits per heavy atom. The SMILES string of the molecule is COCC(=O)Nc1cc(C(=O)NCCc2cccc3ccccc23)c2c(c1)nc(-c1ccncc1)n2C. The summed E-state index contributed by atoms with van der Waals surface area (Å²) in [5.41, 5.74) is 4.24. The van der Waals surface area contributed by atoms with Crippen molar-refractivity contribution in [3.8, 4) is 11.4 Å². The summed E-state index contributed by atoms with van der Waals surface area (Å²) in [6.45, 7) is 0.374. The molecule has 37 heavy (non-hydrogen) atoms. The fourth-order valence-corrected chi connectivity index (χ4v) is 4.60. The molecule has 2 aromatic heterocycles. The second-order valence-electron chi connectivity index (χ2n) is 8.75. The second-order valence-corrected chi connectivity index (χ2v) is 8.75. The number of nitrogens with zero attached hydrogens (tertiary/aromatic N) is 3. The van der Waals surface area contributed by atoms with Crippen molar-refractivity contribution in [2.24, 2.45) is 7.05 Å². The number of benzene rings is 3. The Hall–Kier alpha value is -4.56. The molecule has 8 heteroatoms. The first-order valence-electron chi connectivity index (χ1n) is 12.0. The lowest BCUT2D eigenvalue weighted by Gasteiger charge is -2.12. The van der Waals surface area contributed by atoms with Gasteiger partial charge in [0.15, 0.2) is 0 Å². The highest BCUT2D eigenvalue weighted by atomic mass is 16.5. The molecule has 5 aromatic rings. The quantitative estimate of drug-likeness (QED) is 0.335. The first kappa shape index (κ1) is 24.1. The van der Waals surface area contributed by atoms with Crippen LogP contribution in [0.1, 0.15) is 15.9 Å². The van der Waals surface area contributed by atoms with Gasteiger partial charge in [-0.25, -0.2) is 4.98 Å². The molecule has 186 valence electrons. The summed E-state index contributed by atoms with van der Waals surface area (Å²) in [5.74, 6) is 0.148. The van der Waals surface area contributed by atoms with Crippen molar-refractivity contribution < 1.29 is 14.3 Å². The molecule has 0 aliphatic rings. The zero-order valence-electron chi connectivity index (χ0n) is 20.7. The first-order valence-corrected chi connectivity index (χ1v) is 12.0. The molecule has 0 aliphatic heterocycles. The minimum atomic E-state index is -0.311. The molecule has 0 atom stereocenters. The maximum atomic E-state index is 13.5. The number of carbonyl (C=O) groups is 2. The van der Waals surface area contributed by atoms with Crippen molar-refractivity contribution in [3.63, 3.8) is 0 Å². The highest BCUT2D eigenvalue weighted by Crippen LogP contribution is 2.29. The summed E-state index contributed by atoms with van der Waals surface area (Å²) >= 11 is 0. The number of methoxy groups -OCH3 is 1. The van der Waals surface area contributed by atoms with Crippen LogP contribution in [0.2, 0.25) is 0 Å². The molecule has 0 spiro atoms. The molecule has 0 unspecified atom stereocenters. The monoisotopic (exact) mass is 493 g/mol. The molecule has 5 rings (SSSR count).